The van der Waals surface area contributed by atoms with Gasteiger partial charge in [-0.05, 0) is 56.0 Å². The topological polar surface area (TPSA) is 83.5 Å². The van der Waals surface area contributed by atoms with Crippen molar-refractivity contribution in [1.82, 2.24) is 14.3 Å². The van der Waals surface area contributed by atoms with Crippen molar-refractivity contribution < 1.29 is 13.2 Å². The van der Waals surface area contributed by atoms with Gasteiger partial charge in [-0.1, -0.05) is 23.5 Å². The van der Waals surface area contributed by atoms with Crippen molar-refractivity contribution in [1.29, 1.82) is 0 Å². The largest absolute Gasteiger partial charge is 0.281 e. The molecule has 30 heavy (non-hydrogen) atoms. The predicted molar refractivity (Wildman–Crippen MR) is 119 cm³/mol. The molecule has 0 saturated carbocycles. The number of nitrogens with zero attached hydrogens (tertiary/aromatic N) is 4. The van der Waals surface area contributed by atoms with Gasteiger partial charge in [0, 0.05) is 12.7 Å². The van der Waals surface area contributed by atoms with Crippen LogP contribution in [0.4, 0.5) is 5.13 Å². The maximum absolute atomic E-state index is 13.6. The normalized spacial score (nSPS) is 17.5. The van der Waals surface area contributed by atoms with Gasteiger partial charge in [-0.25, -0.2) is 13.4 Å². The Balaban J connectivity index is 1.77. The molecule has 1 aliphatic rings. The zero-order chi connectivity index (χ0) is 21.5. The number of anilines is 1. The third-order valence-corrected chi connectivity index (χ3v) is 7.79. The van der Waals surface area contributed by atoms with E-state index in [1.165, 1.54) is 15.6 Å². The van der Waals surface area contributed by atoms with Gasteiger partial charge in [-0.3, -0.25) is 14.7 Å². The minimum atomic E-state index is -3.47. The number of carbonyl (C=O) groups is 1. The summed E-state index contributed by atoms with van der Waals surface area (Å²) in [6, 6.07) is 8.93. The van der Waals surface area contributed by atoms with Crippen LogP contribution in [0.3, 0.4) is 0 Å². The number of carbonyl (C=O) groups excluding carboxylic acids is 1. The van der Waals surface area contributed by atoms with Crippen molar-refractivity contribution in [2.45, 2.75) is 39.3 Å². The SMILES string of the molecule is Cc1cc(C)c2sc(N(Cc3ccccn3)C(=O)[C@H]3CCCN3S(C)(=O)=O)nc2c1. The molecule has 1 fully saturated rings. The summed E-state index contributed by atoms with van der Waals surface area (Å²) in [6.07, 6.45) is 4.01. The molecule has 0 bridgehead atoms. The molecule has 0 N–H and O–H groups in total. The maximum atomic E-state index is 13.6. The number of pyridine rings is 1. The number of sulfonamides is 1. The number of benzene rings is 1. The molecule has 0 unspecified atom stereocenters. The van der Waals surface area contributed by atoms with Crippen LogP contribution in [-0.4, -0.2) is 47.4 Å². The molecule has 0 radical (unpaired) electrons. The number of hydrogen-bond acceptors (Lipinski definition) is 6. The van der Waals surface area contributed by atoms with E-state index in [9.17, 15) is 13.2 Å². The Morgan fingerprint density at radius 2 is 2.10 bits per heavy atom. The highest BCUT2D eigenvalue weighted by Crippen LogP contribution is 2.34. The van der Waals surface area contributed by atoms with E-state index in [4.69, 9.17) is 4.98 Å². The molecule has 9 heteroatoms. The van der Waals surface area contributed by atoms with E-state index in [1.54, 1.807) is 11.1 Å². The van der Waals surface area contributed by atoms with Gasteiger partial charge >= 0.3 is 0 Å². The minimum Gasteiger partial charge on any atom is -0.281 e. The third-order valence-electron chi connectivity index (χ3n) is 5.27. The van der Waals surface area contributed by atoms with Crippen LogP contribution in [0, 0.1) is 13.8 Å². The van der Waals surface area contributed by atoms with E-state index in [0.29, 0.717) is 24.5 Å². The Bertz CT molecular complexity index is 1190. The van der Waals surface area contributed by atoms with Gasteiger partial charge in [0.15, 0.2) is 5.13 Å². The maximum Gasteiger partial charge on any atom is 0.247 e. The summed E-state index contributed by atoms with van der Waals surface area (Å²) < 4.78 is 26.8. The zero-order valence-electron chi connectivity index (χ0n) is 17.2. The average molecular weight is 445 g/mol. The third kappa shape index (κ3) is 4.10. The van der Waals surface area contributed by atoms with Crippen LogP contribution in [0.15, 0.2) is 36.5 Å². The molecular weight excluding hydrogens is 420 g/mol. The van der Waals surface area contributed by atoms with Gasteiger partial charge in [0.05, 0.1) is 28.7 Å². The Labute approximate surface area is 180 Å². The van der Waals surface area contributed by atoms with Crippen molar-refractivity contribution in [3.05, 3.63) is 53.3 Å². The van der Waals surface area contributed by atoms with E-state index in [2.05, 4.69) is 11.1 Å². The van der Waals surface area contributed by atoms with Crippen molar-refractivity contribution in [3.63, 3.8) is 0 Å². The van der Waals surface area contributed by atoms with E-state index >= 15 is 0 Å². The lowest BCUT2D eigenvalue weighted by Crippen LogP contribution is -2.47. The van der Waals surface area contributed by atoms with Crippen molar-refractivity contribution in [2.75, 3.05) is 17.7 Å². The standard InChI is InChI=1S/C21H24N4O3S2/c1-14-11-15(2)19-17(12-14)23-21(29-19)24(13-16-7-4-5-9-22-16)20(26)18-8-6-10-25(18)30(3,27)28/h4-5,7,9,11-12,18H,6,8,10,13H2,1-3H3/t18-/m1/s1. The highest BCUT2D eigenvalue weighted by Gasteiger charge is 2.39. The van der Waals surface area contributed by atoms with Crippen LogP contribution in [0.2, 0.25) is 0 Å². The van der Waals surface area contributed by atoms with Gasteiger partial charge in [0.2, 0.25) is 15.9 Å². The lowest BCUT2D eigenvalue weighted by atomic mass is 10.1. The fraction of sp³-hybridized carbons (Fsp3) is 0.381. The number of rotatable bonds is 5. The minimum absolute atomic E-state index is 0.242. The highest BCUT2D eigenvalue weighted by molar-refractivity contribution is 7.88. The summed E-state index contributed by atoms with van der Waals surface area (Å²) in [6.45, 7) is 4.66. The number of aryl methyl sites for hydroxylation is 2. The lowest BCUT2D eigenvalue weighted by Gasteiger charge is -2.27. The summed E-state index contributed by atoms with van der Waals surface area (Å²) in [7, 11) is -3.47. The smallest absolute Gasteiger partial charge is 0.247 e. The molecule has 1 aliphatic heterocycles. The molecule has 158 valence electrons. The molecular formula is C21H24N4O3S2. The van der Waals surface area contributed by atoms with E-state index in [1.807, 2.05) is 38.1 Å². The molecule has 3 aromatic rings. The quantitative estimate of drug-likeness (QED) is 0.603. The number of fused-ring (bicyclic) bond motifs is 1. The first-order valence-corrected chi connectivity index (χ1v) is 12.5. The monoisotopic (exact) mass is 444 g/mol. The molecule has 1 amide bonds. The average Bonchev–Trinajstić information content (AvgIpc) is 3.33. The van der Waals surface area contributed by atoms with Crippen LogP contribution in [0.1, 0.15) is 29.7 Å². The van der Waals surface area contributed by atoms with Crippen LogP contribution >= 0.6 is 11.3 Å². The summed E-state index contributed by atoms with van der Waals surface area (Å²) in [5.74, 6) is -0.253. The van der Waals surface area contributed by atoms with Crippen LogP contribution < -0.4 is 4.90 Å². The second-order valence-electron chi connectivity index (χ2n) is 7.70. The molecule has 7 nitrogen and oxygen atoms in total. The van der Waals surface area contributed by atoms with Crippen LogP contribution in [0.25, 0.3) is 10.2 Å². The van der Waals surface area contributed by atoms with Crippen LogP contribution in [-0.2, 0) is 21.4 Å². The lowest BCUT2D eigenvalue weighted by molar-refractivity contribution is -0.121. The molecule has 1 aromatic carbocycles. The predicted octanol–water partition coefficient (Wildman–Crippen LogP) is 3.27. The van der Waals surface area contributed by atoms with E-state index in [-0.39, 0.29) is 12.5 Å². The molecule has 0 aliphatic carbocycles. The zero-order valence-corrected chi connectivity index (χ0v) is 18.8. The van der Waals surface area contributed by atoms with Crippen LogP contribution in [0.5, 0.6) is 0 Å². The number of aromatic nitrogens is 2. The summed E-state index contributed by atoms with van der Waals surface area (Å²) in [5.41, 5.74) is 3.79. The number of hydrogen-bond donors (Lipinski definition) is 0. The summed E-state index contributed by atoms with van der Waals surface area (Å²) in [4.78, 5) is 24.3. The Morgan fingerprint density at radius 1 is 1.30 bits per heavy atom. The first-order valence-electron chi connectivity index (χ1n) is 9.80. The van der Waals surface area contributed by atoms with E-state index in [0.717, 1.165) is 33.3 Å². The fourth-order valence-corrected chi connectivity index (χ4v) is 6.08. The fourth-order valence-electron chi connectivity index (χ4n) is 3.94. The van der Waals surface area contributed by atoms with Gasteiger partial charge in [-0.15, -0.1) is 0 Å². The Morgan fingerprint density at radius 3 is 2.80 bits per heavy atom. The highest BCUT2D eigenvalue weighted by atomic mass is 32.2. The molecule has 1 saturated heterocycles. The van der Waals surface area contributed by atoms with Gasteiger partial charge in [0.1, 0.15) is 6.04 Å². The second-order valence-corrected chi connectivity index (χ2v) is 10.6. The molecule has 0 spiro atoms. The molecule has 1 atom stereocenters. The van der Waals surface area contributed by atoms with Gasteiger partial charge in [0.25, 0.3) is 0 Å². The first-order chi connectivity index (χ1) is 14.2. The Hall–Kier alpha value is -2.36. The molecule has 3 heterocycles. The van der Waals surface area contributed by atoms with Crippen molar-refractivity contribution in [2.24, 2.45) is 0 Å². The molecule has 2 aromatic heterocycles. The number of amides is 1. The molecule has 4 rings (SSSR count). The van der Waals surface area contributed by atoms with Gasteiger partial charge in [-0.2, -0.15) is 4.31 Å². The number of thiazole rings is 1. The first kappa shape index (κ1) is 20.9. The van der Waals surface area contributed by atoms with Gasteiger partial charge < -0.3 is 0 Å². The van der Waals surface area contributed by atoms with Crippen molar-refractivity contribution >= 4 is 42.6 Å². The Kier molecular flexibility index (Phi) is 5.61. The van der Waals surface area contributed by atoms with E-state index < -0.39 is 16.1 Å². The second kappa shape index (κ2) is 8.05. The van der Waals surface area contributed by atoms with Crippen molar-refractivity contribution in [3.8, 4) is 0 Å². The summed E-state index contributed by atoms with van der Waals surface area (Å²) >= 11 is 1.45. The summed E-state index contributed by atoms with van der Waals surface area (Å²) in [5, 5.41) is 0.565.